The van der Waals surface area contributed by atoms with Crippen LogP contribution in [0.3, 0.4) is 0 Å². The fourth-order valence-electron chi connectivity index (χ4n) is 2.15. The topological polar surface area (TPSA) is 42.7 Å². The van der Waals surface area contributed by atoms with E-state index in [2.05, 4.69) is 34.5 Å². The molecule has 1 unspecified atom stereocenters. The number of aromatic nitrogens is 3. The summed E-state index contributed by atoms with van der Waals surface area (Å²) in [5, 5.41) is 7.71. The number of pyridine rings is 1. The van der Waals surface area contributed by atoms with Gasteiger partial charge in [-0.15, -0.1) is 0 Å². The van der Waals surface area contributed by atoms with E-state index < -0.39 is 0 Å². The van der Waals surface area contributed by atoms with Gasteiger partial charge in [0.1, 0.15) is 0 Å². The lowest BCUT2D eigenvalue weighted by Gasteiger charge is -2.17. The average molecular weight is 244 g/mol. The normalized spacial score (nSPS) is 12.6. The number of nitrogens with one attached hydrogen (secondary N) is 1. The second kappa shape index (κ2) is 6.31. The monoisotopic (exact) mass is 244 g/mol. The Kier molecular flexibility index (Phi) is 4.47. The van der Waals surface area contributed by atoms with Crippen LogP contribution >= 0.6 is 0 Å². The van der Waals surface area contributed by atoms with Crippen LogP contribution < -0.4 is 5.32 Å². The van der Waals surface area contributed by atoms with Gasteiger partial charge in [0.25, 0.3) is 0 Å². The van der Waals surface area contributed by atoms with Crippen molar-refractivity contribution in [3.05, 3.63) is 48.0 Å². The number of nitrogens with zero attached hydrogens (tertiary/aromatic N) is 3. The molecule has 0 saturated heterocycles. The Bertz CT molecular complexity index is 464. The third-order valence-electron chi connectivity index (χ3n) is 3.15. The minimum atomic E-state index is 0.360. The Morgan fingerprint density at radius 3 is 2.83 bits per heavy atom. The van der Waals surface area contributed by atoms with Gasteiger partial charge in [-0.1, -0.05) is 13.0 Å². The van der Waals surface area contributed by atoms with E-state index in [9.17, 15) is 0 Å². The highest BCUT2D eigenvalue weighted by Crippen LogP contribution is 2.17. The molecule has 4 nitrogen and oxygen atoms in total. The zero-order chi connectivity index (χ0) is 12.8. The molecule has 0 amide bonds. The molecule has 0 fully saturated rings. The summed E-state index contributed by atoms with van der Waals surface area (Å²) in [7, 11) is 1.99. The molecule has 0 radical (unpaired) electrons. The van der Waals surface area contributed by atoms with Crippen molar-refractivity contribution in [2.24, 2.45) is 7.05 Å². The molecular formula is C14H20N4. The van der Waals surface area contributed by atoms with Gasteiger partial charge >= 0.3 is 0 Å². The maximum atomic E-state index is 4.20. The number of aryl methyl sites for hydroxylation is 2. The molecule has 2 rings (SSSR count). The molecule has 96 valence electrons. The predicted molar refractivity (Wildman–Crippen MR) is 72.2 cm³/mol. The fourth-order valence-corrected chi connectivity index (χ4v) is 2.15. The van der Waals surface area contributed by atoms with Crippen molar-refractivity contribution in [3.63, 3.8) is 0 Å². The smallest absolute Gasteiger partial charge is 0.0492 e. The minimum absolute atomic E-state index is 0.360. The summed E-state index contributed by atoms with van der Waals surface area (Å²) in [4.78, 5) is 4.19. The maximum Gasteiger partial charge on any atom is 0.0492 e. The molecule has 1 atom stereocenters. The molecule has 18 heavy (non-hydrogen) atoms. The van der Waals surface area contributed by atoms with Crippen LogP contribution in [0.2, 0.25) is 0 Å². The van der Waals surface area contributed by atoms with E-state index in [0.29, 0.717) is 6.04 Å². The average Bonchev–Trinajstić information content (AvgIpc) is 2.81. The summed E-state index contributed by atoms with van der Waals surface area (Å²) in [6, 6.07) is 6.55. The quantitative estimate of drug-likeness (QED) is 0.846. The number of hydrogen-bond acceptors (Lipinski definition) is 3. The number of hydrogen-bond donors (Lipinski definition) is 1. The molecule has 1 N–H and O–H groups in total. The Morgan fingerprint density at radius 2 is 2.22 bits per heavy atom. The van der Waals surface area contributed by atoms with Crippen molar-refractivity contribution in [2.75, 3.05) is 6.54 Å². The predicted octanol–water partition coefficient (Wildman–Crippen LogP) is 2.10. The Labute approximate surface area is 108 Å². The molecule has 2 heterocycles. The summed E-state index contributed by atoms with van der Waals surface area (Å²) >= 11 is 0. The van der Waals surface area contributed by atoms with Crippen LogP contribution in [0.25, 0.3) is 0 Å². The third kappa shape index (κ3) is 3.17. The van der Waals surface area contributed by atoms with E-state index in [1.54, 1.807) is 0 Å². The highest BCUT2D eigenvalue weighted by molar-refractivity contribution is 5.14. The minimum Gasteiger partial charge on any atom is -0.310 e. The zero-order valence-electron chi connectivity index (χ0n) is 11.0. The van der Waals surface area contributed by atoms with Gasteiger partial charge in [0, 0.05) is 37.4 Å². The van der Waals surface area contributed by atoms with E-state index in [0.717, 1.165) is 19.4 Å². The molecule has 2 aromatic rings. The molecule has 0 aliphatic rings. The summed E-state index contributed by atoms with van der Waals surface area (Å²) in [6.45, 7) is 3.10. The molecule has 0 saturated carbocycles. The van der Waals surface area contributed by atoms with Gasteiger partial charge in [-0.3, -0.25) is 9.67 Å². The van der Waals surface area contributed by atoms with Gasteiger partial charge in [-0.25, -0.2) is 0 Å². The van der Waals surface area contributed by atoms with Crippen molar-refractivity contribution >= 4 is 0 Å². The molecule has 4 heteroatoms. The van der Waals surface area contributed by atoms with Gasteiger partial charge in [-0.05, 0) is 37.1 Å². The van der Waals surface area contributed by atoms with Crippen LogP contribution in [0.1, 0.15) is 30.6 Å². The first-order valence-electron chi connectivity index (χ1n) is 6.41. The fraction of sp³-hybridized carbons (Fsp3) is 0.429. The first kappa shape index (κ1) is 12.8. The largest absolute Gasteiger partial charge is 0.310 e. The Balaban J connectivity index is 2.01. The Morgan fingerprint density at radius 1 is 1.33 bits per heavy atom. The second-order valence-electron chi connectivity index (χ2n) is 4.38. The lowest BCUT2D eigenvalue weighted by atomic mass is 10.0. The maximum absolute atomic E-state index is 4.20. The molecular weight excluding hydrogens is 224 g/mol. The van der Waals surface area contributed by atoms with Crippen molar-refractivity contribution in [1.29, 1.82) is 0 Å². The first-order valence-corrected chi connectivity index (χ1v) is 6.41. The van der Waals surface area contributed by atoms with Crippen LogP contribution in [0.15, 0.2) is 36.8 Å². The van der Waals surface area contributed by atoms with Crippen LogP contribution in [-0.4, -0.2) is 21.3 Å². The summed E-state index contributed by atoms with van der Waals surface area (Å²) in [5.74, 6) is 0. The lowest BCUT2D eigenvalue weighted by molar-refractivity contribution is 0.505. The van der Waals surface area contributed by atoms with E-state index in [4.69, 9.17) is 0 Å². The molecule has 0 bridgehead atoms. The van der Waals surface area contributed by atoms with Gasteiger partial charge in [-0.2, -0.15) is 5.10 Å². The zero-order valence-corrected chi connectivity index (χ0v) is 11.0. The van der Waals surface area contributed by atoms with Crippen LogP contribution in [0, 0.1) is 0 Å². The standard InChI is InChI=1S/C14H20N4/c1-3-16-14(12-5-4-9-15-11-12)7-6-13-8-10-17-18(13)2/h4-5,8-11,14,16H,3,6-7H2,1-2H3. The van der Waals surface area contributed by atoms with E-state index in [1.165, 1.54) is 11.3 Å². The van der Waals surface area contributed by atoms with Crippen molar-refractivity contribution < 1.29 is 0 Å². The summed E-state index contributed by atoms with van der Waals surface area (Å²) < 4.78 is 1.94. The SMILES string of the molecule is CCNC(CCc1ccnn1C)c1cccnc1. The highest BCUT2D eigenvalue weighted by atomic mass is 15.2. The van der Waals surface area contributed by atoms with Crippen molar-refractivity contribution in [2.45, 2.75) is 25.8 Å². The first-order chi connectivity index (χ1) is 8.81. The van der Waals surface area contributed by atoms with Crippen LogP contribution in [-0.2, 0) is 13.5 Å². The van der Waals surface area contributed by atoms with Gasteiger partial charge in [0.15, 0.2) is 0 Å². The highest BCUT2D eigenvalue weighted by Gasteiger charge is 2.11. The third-order valence-corrected chi connectivity index (χ3v) is 3.15. The van der Waals surface area contributed by atoms with Gasteiger partial charge in [0.05, 0.1) is 0 Å². The van der Waals surface area contributed by atoms with E-state index in [1.807, 2.05) is 36.4 Å². The molecule has 0 aliphatic heterocycles. The summed E-state index contributed by atoms with van der Waals surface area (Å²) in [6.07, 6.45) is 7.67. The van der Waals surface area contributed by atoms with Crippen LogP contribution in [0.4, 0.5) is 0 Å². The number of rotatable bonds is 6. The molecule has 2 aromatic heterocycles. The van der Waals surface area contributed by atoms with E-state index >= 15 is 0 Å². The second-order valence-corrected chi connectivity index (χ2v) is 4.38. The molecule has 0 spiro atoms. The van der Waals surface area contributed by atoms with Crippen molar-refractivity contribution in [1.82, 2.24) is 20.1 Å². The summed E-state index contributed by atoms with van der Waals surface area (Å²) in [5.41, 5.74) is 2.52. The van der Waals surface area contributed by atoms with Gasteiger partial charge < -0.3 is 5.32 Å². The van der Waals surface area contributed by atoms with Crippen LogP contribution in [0.5, 0.6) is 0 Å². The molecule has 0 aliphatic carbocycles. The lowest BCUT2D eigenvalue weighted by Crippen LogP contribution is -2.22. The Hall–Kier alpha value is -1.68. The van der Waals surface area contributed by atoms with Gasteiger partial charge in [0.2, 0.25) is 0 Å². The molecule has 0 aromatic carbocycles. The van der Waals surface area contributed by atoms with Crippen molar-refractivity contribution in [3.8, 4) is 0 Å². The van der Waals surface area contributed by atoms with E-state index in [-0.39, 0.29) is 0 Å².